The molecule has 0 heterocycles. The number of carbonyl (C=O) groups is 3. The van der Waals surface area contributed by atoms with Crippen molar-refractivity contribution in [3.05, 3.63) is 117 Å². The van der Waals surface area contributed by atoms with E-state index in [1.165, 1.54) is 6.92 Å². The minimum absolute atomic E-state index is 0.0617. The highest BCUT2D eigenvalue weighted by molar-refractivity contribution is 6.33. The lowest BCUT2D eigenvalue weighted by atomic mass is 9.37. The number of benzene rings is 3. The third kappa shape index (κ3) is 4.66. The van der Waals surface area contributed by atoms with Crippen LogP contribution in [-0.2, 0) is 27.2 Å². The summed E-state index contributed by atoms with van der Waals surface area (Å²) < 4.78 is 0. The lowest BCUT2D eigenvalue weighted by Gasteiger charge is -2.65. The van der Waals surface area contributed by atoms with E-state index in [2.05, 4.69) is 24.3 Å². The van der Waals surface area contributed by atoms with Gasteiger partial charge in [-0.15, -0.1) is 0 Å². The van der Waals surface area contributed by atoms with Crippen molar-refractivity contribution in [3.8, 4) is 5.75 Å². The zero-order chi connectivity index (χ0) is 35.8. The maximum Gasteiger partial charge on any atom is 0.206 e. The Morgan fingerprint density at radius 2 is 1.37 bits per heavy atom. The number of rotatable bonds is 7. The number of carbonyl (C=O) groups excluding carboxylic acids is 3. The summed E-state index contributed by atoms with van der Waals surface area (Å²) >= 11 is 0. The normalized spacial score (nSPS) is 29.7. The van der Waals surface area contributed by atoms with Crippen molar-refractivity contribution in [3.63, 3.8) is 0 Å². The summed E-state index contributed by atoms with van der Waals surface area (Å²) in [7, 11) is 0. The number of hydrogen-bond acceptors (Lipinski definition) is 6. The molecule has 0 unspecified atom stereocenters. The van der Waals surface area contributed by atoms with Crippen LogP contribution in [0.15, 0.2) is 89.5 Å². The van der Waals surface area contributed by atoms with Crippen LogP contribution in [0.2, 0.25) is 0 Å². The minimum Gasteiger partial charge on any atom is -0.507 e. The van der Waals surface area contributed by atoms with Gasteiger partial charge in [0.15, 0.2) is 11.4 Å². The number of phenols is 1. The van der Waals surface area contributed by atoms with E-state index in [0.717, 1.165) is 11.1 Å². The summed E-state index contributed by atoms with van der Waals surface area (Å²) in [6.07, 6.45) is 1.26. The molecule has 6 heteroatoms. The Morgan fingerprint density at radius 3 is 1.86 bits per heavy atom. The second-order valence-corrected chi connectivity index (χ2v) is 15.5. The molecule has 0 aliphatic heterocycles. The van der Waals surface area contributed by atoms with E-state index in [4.69, 9.17) is 0 Å². The molecular weight excluding hydrogens is 612 g/mol. The Bertz CT molecular complexity index is 1880. The van der Waals surface area contributed by atoms with E-state index in [9.17, 15) is 29.7 Å². The molecule has 49 heavy (non-hydrogen) atoms. The third-order valence-corrected chi connectivity index (χ3v) is 12.9. The molecule has 0 radical (unpaired) electrons. The van der Waals surface area contributed by atoms with Crippen LogP contribution in [0, 0.1) is 28.6 Å². The number of phenolic OH excluding ortho intramolecular Hbond substituents is 1. The highest BCUT2D eigenvalue weighted by Gasteiger charge is 2.75. The molecule has 0 amide bonds. The van der Waals surface area contributed by atoms with Crippen molar-refractivity contribution in [2.24, 2.45) is 28.6 Å². The summed E-state index contributed by atoms with van der Waals surface area (Å²) in [4.78, 5) is 42.3. The van der Waals surface area contributed by atoms with Gasteiger partial charge in [-0.2, -0.15) is 0 Å². The predicted octanol–water partition coefficient (Wildman–Crippen LogP) is 8.07. The zero-order valence-electron chi connectivity index (χ0n) is 29.8. The molecule has 0 spiro atoms. The van der Waals surface area contributed by atoms with Gasteiger partial charge in [-0.05, 0) is 78.5 Å². The first kappa shape index (κ1) is 34.6. The number of aliphatic hydroxyl groups is 2. The standard InChI is InChI=1S/C43H48O6/c1-23(2)35-24(3)33(26(5)44)39(47)43(49)40(48)36-38(46)34-31(25(4)41(36,7)27(6)42(35,43)8)19-20-32(37(34)45)30(21-28-15-11-9-12-16-28)22-29-17-13-10-14-18-29/h9-20,23,25,27,30,35,45-46,49H,21-22H2,1-8H3/t25-,27-,35+,41-,42-,43+/m0/s1. The van der Waals surface area contributed by atoms with Crippen LogP contribution >= 0.6 is 0 Å². The fourth-order valence-electron chi connectivity index (χ4n) is 10.3. The van der Waals surface area contributed by atoms with Crippen molar-refractivity contribution >= 4 is 23.1 Å². The van der Waals surface area contributed by atoms with Gasteiger partial charge in [-0.3, -0.25) is 14.4 Å². The molecule has 0 aromatic heterocycles. The van der Waals surface area contributed by atoms with Gasteiger partial charge in [-0.25, -0.2) is 0 Å². The topological polar surface area (TPSA) is 112 Å². The van der Waals surface area contributed by atoms with E-state index in [-0.39, 0.29) is 40.2 Å². The Morgan fingerprint density at radius 1 is 0.837 bits per heavy atom. The van der Waals surface area contributed by atoms with Crippen LogP contribution in [-0.4, -0.2) is 38.3 Å². The second kappa shape index (κ2) is 11.9. The van der Waals surface area contributed by atoms with Crippen LogP contribution in [0.4, 0.5) is 0 Å². The van der Waals surface area contributed by atoms with Crippen molar-refractivity contribution < 1.29 is 29.7 Å². The van der Waals surface area contributed by atoms with Gasteiger partial charge in [0.1, 0.15) is 11.5 Å². The molecule has 3 aliphatic rings. The van der Waals surface area contributed by atoms with Gasteiger partial charge in [0.25, 0.3) is 0 Å². The average molecular weight is 661 g/mol. The lowest BCUT2D eigenvalue weighted by molar-refractivity contribution is -0.194. The highest BCUT2D eigenvalue weighted by atomic mass is 16.3. The minimum atomic E-state index is -2.59. The summed E-state index contributed by atoms with van der Waals surface area (Å²) in [5.74, 6) is -4.43. The maximum absolute atomic E-state index is 15.0. The molecule has 3 aliphatic carbocycles. The number of aliphatic hydroxyl groups excluding tert-OH is 1. The highest BCUT2D eigenvalue weighted by Crippen LogP contribution is 2.70. The largest absolute Gasteiger partial charge is 0.507 e. The molecule has 6 atom stereocenters. The monoisotopic (exact) mass is 660 g/mol. The molecule has 6 rings (SSSR count). The molecule has 3 N–H and O–H groups in total. The number of ketones is 3. The summed E-state index contributed by atoms with van der Waals surface area (Å²) in [6, 6.07) is 24.0. The summed E-state index contributed by atoms with van der Waals surface area (Å²) in [5, 5.41) is 37.1. The van der Waals surface area contributed by atoms with Gasteiger partial charge in [0.05, 0.1) is 11.1 Å². The lowest BCUT2D eigenvalue weighted by Crippen LogP contribution is -2.74. The van der Waals surface area contributed by atoms with Crippen LogP contribution in [0.3, 0.4) is 0 Å². The van der Waals surface area contributed by atoms with Gasteiger partial charge >= 0.3 is 0 Å². The van der Waals surface area contributed by atoms with E-state index < -0.39 is 51.4 Å². The molecule has 256 valence electrons. The van der Waals surface area contributed by atoms with Gasteiger partial charge in [-0.1, -0.05) is 120 Å². The van der Waals surface area contributed by atoms with Crippen LogP contribution < -0.4 is 0 Å². The number of hydrogen-bond donors (Lipinski definition) is 3. The fraction of sp³-hybridized carbons (Fsp3) is 0.419. The molecular formula is C43H48O6. The van der Waals surface area contributed by atoms with Crippen LogP contribution in [0.25, 0.3) is 5.76 Å². The first-order chi connectivity index (χ1) is 23.0. The average Bonchev–Trinajstić information content (AvgIpc) is 3.05. The maximum atomic E-state index is 15.0. The molecule has 0 bridgehead atoms. The second-order valence-electron chi connectivity index (χ2n) is 15.5. The first-order valence-electron chi connectivity index (χ1n) is 17.5. The summed E-state index contributed by atoms with van der Waals surface area (Å²) in [5.41, 5.74) is -0.791. The van der Waals surface area contributed by atoms with E-state index in [1.54, 1.807) is 13.8 Å². The van der Waals surface area contributed by atoms with E-state index in [0.29, 0.717) is 29.5 Å². The Kier molecular flexibility index (Phi) is 8.43. The smallest absolute Gasteiger partial charge is 0.206 e. The van der Waals surface area contributed by atoms with Crippen LogP contribution in [0.5, 0.6) is 5.75 Å². The summed E-state index contributed by atoms with van der Waals surface area (Å²) in [6.45, 7) is 14.7. The number of Topliss-reactive ketones (excluding diaryl/α,β-unsaturated/α-hetero) is 3. The first-order valence-corrected chi connectivity index (χ1v) is 17.5. The predicted molar refractivity (Wildman–Crippen MR) is 191 cm³/mol. The van der Waals surface area contributed by atoms with Crippen molar-refractivity contribution in [2.75, 3.05) is 0 Å². The molecule has 1 fully saturated rings. The molecule has 3 aromatic rings. The van der Waals surface area contributed by atoms with Crippen molar-refractivity contribution in [1.29, 1.82) is 0 Å². The molecule has 6 nitrogen and oxygen atoms in total. The Balaban J connectivity index is 1.58. The molecule has 3 aromatic carbocycles. The van der Waals surface area contributed by atoms with Gasteiger partial charge in [0, 0.05) is 16.4 Å². The fourth-order valence-corrected chi connectivity index (χ4v) is 10.3. The quantitative estimate of drug-likeness (QED) is 0.175. The zero-order valence-corrected chi connectivity index (χ0v) is 29.8. The SMILES string of the molecule is CC(=O)C1=C(C)[C@@H](C(C)C)[C@]2(C)[C@@H](C)[C@@]3(C)C(=C(O)c4c(ccc(C(Cc5ccccc5)Cc5ccccc5)c4O)[C@@H]3C)C(=O)[C@]2(O)C1=O. The van der Waals surface area contributed by atoms with Crippen LogP contribution in [0.1, 0.15) is 95.0 Å². The van der Waals surface area contributed by atoms with Gasteiger partial charge < -0.3 is 15.3 Å². The van der Waals surface area contributed by atoms with E-state index in [1.807, 2.05) is 83.1 Å². The Hall–Kier alpha value is -4.29. The van der Waals surface area contributed by atoms with Crippen molar-refractivity contribution in [1.82, 2.24) is 0 Å². The number of aromatic hydroxyl groups is 1. The Labute approximate surface area is 289 Å². The van der Waals surface area contributed by atoms with E-state index >= 15 is 0 Å². The number of allylic oxidation sites excluding steroid dienone is 1. The van der Waals surface area contributed by atoms with Gasteiger partial charge in [0.2, 0.25) is 11.6 Å². The van der Waals surface area contributed by atoms with Crippen molar-refractivity contribution in [2.45, 2.75) is 85.7 Å². The molecule has 1 saturated carbocycles. The third-order valence-electron chi connectivity index (χ3n) is 12.9. The number of fused-ring (bicyclic) bond motifs is 3. The molecule has 0 saturated heterocycles.